The lowest BCUT2D eigenvalue weighted by Gasteiger charge is -2.00. The lowest BCUT2D eigenvalue weighted by molar-refractivity contribution is 0.466. The fraction of sp³-hybridized carbons (Fsp3) is 0.150. The first kappa shape index (κ1) is 16.4. The fourth-order valence-electron chi connectivity index (χ4n) is 2.81. The van der Waals surface area contributed by atoms with Crippen LogP contribution in [0, 0.1) is 25.2 Å². The first-order chi connectivity index (χ1) is 12.7. The number of aryl methyl sites for hydroxylation is 2. The Morgan fingerprint density at radius 2 is 2.04 bits per heavy atom. The molecule has 0 spiro atoms. The van der Waals surface area contributed by atoms with Gasteiger partial charge in [0.15, 0.2) is 0 Å². The summed E-state index contributed by atoms with van der Waals surface area (Å²) in [7, 11) is 0. The molecule has 6 heteroatoms. The van der Waals surface area contributed by atoms with Crippen molar-refractivity contribution in [1.29, 1.82) is 5.26 Å². The van der Waals surface area contributed by atoms with Crippen molar-refractivity contribution in [1.82, 2.24) is 14.6 Å². The van der Waals surface area contributed by atoms with Crippen LogP contribution in [0.5, 0.6) is 0 Å². The number of hydrogen-bond donors (Lipinski definition) is 0. The third-order valence-corrected chi connectivity index (χ3v) is 5.25. The van der Waals surface area contributed by atoms with Crippen LogP contribution in [-0.2, 0) is 5.75 Å². The summed E-state index contributed by atoms with van der Waals surface area (Å²) in [6.07, 6.45) is 3.91. The maximum Gasteiger partial charge on any atom is 0.277 e. The molecule has 0 amide bonds. The lowest BCUT2D eigenvalue weighted by Crippen LogP contribution is -1.83. The first-order valence-electron chi connectivity index (χ1n) is 8.18. The number of thioether (sulfide) groups is 1. The standard InChI is InChI=1S/C20H16N4OS/c1-13-6-7-15(9-14(13)2)19-22-23-20(25-19)26-12-16-11-24-8-4-3-5-18(24)17(16)10-21/h3-9,11H,12H2,1-2H3. The van der Waals surface area contributed by atoms with Gasteiger partial charge >= 0.3 is 0 Å². The Balaban J connectivity index is 1.55. The third-order valence-electron chi connectivity index (χ3n) is 4.39. The van der Waals surface area contributed by atoms with Gasteiger partial charge in [0, 0.05) is 23.7 Å². The molecule has 5 nitrogen and oxygen atoms in total. The average Bonchev–Trinajstić information content (AvgIpc) is 3.26. The van der Waals surface area contributed by atoms with Gasteiger partial charge in [-0.1, -0.05) is 23.9 Å². The van der Waals surface area contributed by atoms with Crippen LogP contribution < -0.4 is 0 Å². The zero-order valence-electron chi connectivity index (χ0n) is 14.4. The Bertz CT molecular complexity index is 1140. The molecule has 0 aliphatic carbocycles. The van der Waals surface area contributed by atoms with Crippen molar-refractivity contribution in [3.8, 4) is 17.5 Å². The van der Waals surface area contributed by atoms with Gasteiger partial charge in [-0.05, 0) is 54.8 Å². The Hall–Kier alpha value is -3.04. The van der Waals surface area contributed by atoms with E-state index < -0.39 is 0 Å². The van der Waals surface area contributed by atoms with Crippen molar-refractivity contribution in [2.45, 2.75) is 24.8 Å². The minimum absolute atomic E-state index is 0.498. The number of nitriles is 1. The van der Waals surface area contributed by atoms with Gasteiger partial charge in [0.05, 0.1) is 11.1 Å². The largest absolute Gasteiger partial charge is 0.411 e. The number of hydrogen-bond acceptors (Lipinski definition) is 5. The van der Waals surface area contributed by atoms with Gasteiger partial charge in [-0.2, -0.15) is 5.26 Å². The van der Waals surface area contributed by atoms with Gasteiger partial charge in [-0.25, -0.2) is 0 Å². The second kappa shape index (κ2) is 6.70. The second-order valence-corrected chi connectivity index (χ2v) is 7.02. The van der Waals surface area contributed by atoms with Gasteiger partial charge in [0.25, 0.3) is 5.22 Å². The van der Waals surface area contributed by atoms with Crippen LogP contribution in [0.1, 0.15) is 22.3 Å². The molecule has 0 fully saturated rings. The van der Waals surface area contributed by atoms with Crippen molar-refractivity contribution >= 4 is 17.3 Å². The molecule has 0 aliphatic rings. The zero-order valence-corrected chi connectivity index (χ0v) is 15.2. The van der Waals surface area contributed by atoms with Crippen molar-refractivity contribution < 1.29 is 4.42 Å². The number of nitrogens with zero attached hydrogens (tertiary/aromatic N) is 4. The Labute approximate surface area is 155 Å². The molecule has 0 atom stereocenters. The van der Waals surface area contributed by atoms with E-state index in [4.69, 9.17) is 4.42 Å². The number of pyridine rings is 1. The van der Waals surface area contributed by atoms with Crippen molar-refractivity contribution in [2.24, 2.45) is 0 Å². The van der Waals surface area contributed by atoms with Crippen LogP contribution in [0.25, 0.3) is 17.0 Å². The molecule has 0 radical (unpaired) electrons. The van der Waals surface area contributed by atoms with E-state index in [1.54, 1.807) is 0 Å². The molecule has 0 bridgehead atoms. The maximum atomic E-state index is 9.48. The van der Waals surface area contributed by atoms with Crippen LogP contribution in [0.3, 0.4) is 0 Å². The van der Waals surface area contributed by atoms with E-state index in [-0.39, 0.29) is 0 Å². The predicted molar refractivity (Wildman–Crippen MR) is 101 cm³/mol. The van der Waals surface area contributed by atoms with Crippen LogP contribution in [0.2, 0.25) is 0 Å². The molecule has 128 valence electrons. The summed E-state index contributed by atoms with van der Waals surface area (Å²) in [6, 6.07) is 14.2. The molecule has 0 N–H and O–H groups in total. The van der Waals surface area contributed by atoms with Gasteiger partial charge < -0.3 is 8.82 Å². The van der Waals surface area contributed by atoms with E-state index >= 15 is 0 Å². The molecule has 1 aromatic carbocycles. The molecule has 3 aromatic heterocycles. The number of rotatable bonds is 4. The summed E-state index contributed by atoms with van der Waals surface area (Å²) in [4.78, 5) is 0. The van der Waals surface area contributed by atoms with E-state index in [0.717, 1.165) is 16.6 Å². The number of benzene rings is 1. The lowest BCUT2D eigenvalue weighted by atomic mass is 10.1. The molecule has 0 saturated heterocycles. The molecule has 26 heavy (non-hydrogen) atoms. The molecule has 3 heterocycles. The average molecular weight is 360 g/mol. The van der Waals surface area contributed by atoms with Crippen molar-refractivity contribution in [3.05, 3.63) is 71.0 Å². The zero-order chi connectivity index (χ0) is 18.1. The molecule has 0 unspecified atom stereocenters. The molecular weight excluding hydrogens is 344 g/mol. The summed E-state index contributed by atoms with van der Waals surface area (Å²) in [6.45, 7) is 4.13. The van der Waals surface area contributed by atoms with Crippen LogP contribution in [0.4, 0.5) is 0 Å². The summed E-state index contributed by atoms with van der Waals surface area (Å²) in [5, 5.41) is 18.3. The quantitative estimate of drug-likeness (QED) is 0.490. The number of fused-ring (bicyclic) bond motifs is 1. The van der Waals surface area contributed by atoms with Gasteiger partial charge in [-0.15, -0.1) is 10.2 Å². The Kier molecular flexibility index (Phi) is 4.23. The van der Waals surface area contributed by atoms with E-state index in [2.05, 4.69) is 30.1 Å². The van der Waals surface area contributed by atoms with Gasteiger partial charge in [0.1, 0.15) is 6.07 Å². The highest BCUT2D eigenvalue weighted by Gasteiger charge is 2.14. The second-order valence-electron chi connectivity index (χ2n) is 6.10. The summed E-state index contributed by atoms with van der Waals surface area (Å²) in [5.74, 6) is 1.11. The SMILES string of the molecule is Cc1ccc(-c2nnc(SCc3cn4ccccc4c3C#N)o2)cc1C. The highest BCUT2D eigenvalue weighted by atomic mass is 32.2. The summed E-state index contributed by atoms with van der Waals surface area (Å²) >= 11 is 1.44. The summed E-state index contributed by atoms with van der Waals surface area (Å²) < 4.78 is 7.75. The number of aromatic nitrogens is 3. The maximum absolute atomic E-state index is 9.48. The highest BCUT2D eigenvalue weighted by molar-refractivity contribution is 7.98. The van der Waals surface area contributed by atoms with Crippen LogP contribution in [-0.4, -0.2) is 14.6 Å². The van der Waals surface area contributed by atoms with Crippen molar-refractivity contribution in [2.75, 3.05) is 0 Å². The minimum atomic E-state index is 0.498. The van der Waals surface area contributed by atoms with E-state index in [9.17, 15) is 5.26 Å². The molecule has 0 aliphatic heterocycles. The Morgan fingerprint density at radius 3 is 2.85 bits per heavy atom. The molecule has 4 aromatic rings. The molecule has 0 saturated carbocycles. The minimum Gasteiger partial charge on any atom is -0.411 e. The van der Waals surface area contributed by atoms with Crippen molar-refractivity contribution in [3.63, 3.8) is 0 Å². The fourth-order valence-corrected chi connectivity index (χ4v) is 3.55. The van der Waals surface area contributed by atoms with Crippen LogP contribution in [0.15, 0.2) is 58.4 Å². The van der Waals surface area contributed by atoms with E-state index in [1.165, 1.54) is 22.9 Å². The predicted octanol–water partition coefficient (Wildman–Crippen LogP) is 4.77. The molecular formula is C20H16N4OS. The topological polar surface area (TPSA) is 67.1 Å². The normalized spacial score (nSPS) is 11.0. The van der Waals surface area contributed by atoms with Gasteiger partial charge in [-0.3, -0.25) is 0 Å². The summed E-state index contributed by atoms with van der Waals surface area (Å²) in [5.41, 5.74) is 5.88. The Morgan fingerprint density at radius 1 is 1.15 bits per heavy atom. The van der Waals surface area contributed by atoms with E-state index in [0.29, 0.717) is 22.4 Å². The monoisotopic (exact) mass is 360 g/mol. The third kappa shape index (κ3) is 2.98. The smallest absolute Gasteiger partial charge is 0.277 e. The molecule has 4 rings (SSSR count). The van der Waals surface area contributed by atoms with Gasteiger partial charge in [0.2, 0.25) is 5.89 Å². The first-order valence-corrected chi connectivity index (χ1v) is 9.17. The van der Waals surface area contributed by atoms with Crippen LogP contribution >= 0.6 is 11.8 Å². The van der Waals surface area contributed by atoms with E-state index in [1.807, 2.05) is 53.2 Å². The highest BCUT2D eigenvalue weighted by Crippen LogP contribution is 2.29.